The summed E-state index contributed by atoms with van der Waals surface area (Å²) in [5, 5.41) is 2.96. The second-order valence-corrected chi connectivity index (χ2v) is 6.46. The maximum atomic E-state index is 12.1. The molecule has 0 aliphatic carbocycles. The SMILES string of the molecule is Cl.NCCCC(=O)Nc1cc2c(cc1Sc1ccccc1)OCCO2. The lowest BCUT2D eigenvalue weighted by Gasteiger charge is -2.21. The molecule has 1 heterocycles. The molecule has 5 nitrogen and oxygen atoms in total. The molecule has 134 valence electrons. The third-order valence-electron chi connectivity index (χ3n) is 3.50. The number of carbonyl (C=O) groups is 1. The van der Waals surface area contributed by atoms with Gasteiger partial charge in [-0.3, -0.25) is 4.79 Å². The predicted molar refractivity (Wildman–Crippen MR) is 102 cm³/mol. The Kier molecular flexibility index (Phi) is 7.43. The highest BCUT2D eigenvalue weighted by molar-refractivity contribution is 7.99. The van der Waals surface area contributed by atoms with E-state index in [1.165, 1.54) is 0 Å². The zero-order valence-electron chi connectivity index (χ0n) is 13.7. The van der Waals surface area contributed by atoms with E-state index in [1.54, 1.807) is 11.8 Å². The molecule has 0 saturated heterocycles. The molecule has 0 spiro atoms. The van der Waals surface area contributed by atoms with E-state index in [1.807, 2.05) is 42.5 Å². The van der Waals surface area contributed by atoms with Crippen molar-refractivity contribution >= 4 is 35.8 Å². The minimum absolute atomic E-state index is 0. The molecule has 25 heavy (non-hydrogen) atoms. The highest BCUT2D eigenvalue weighted by atomic mass is 35.5. The van der Waals surface area contributed by atoms with Gasteiger partial charge in [0.1, 0.15) is 13.2 Å². The van der Waals surface area contributed by atoms with Crippen LogP contribution < -0.4 is 20.5 Å². The molecule has 0 fully saturated rings. The Labute approximate surface area is 157 Å². The minimum atomic E-state index is -0.0490. The minimum Gasteiger partial charge on any atom is -0.486 e. The van der Waals surface area contributed by atoms with Gasteiger partial charge in [-0.1, -0.05) is 30.0 Å². The average Bonchev–Trinajstić information content (AvgIpc) is 2.61. The van der Waals surface area contributed by atoms with E-state index >= 15 is 0 Å². The van der Waals surface area contributed by atoms with Gasteiger partial charge in [-0.05, 0) is 25.1 Å². The zero-order chi connectivity index (χ0) is 16.8. The van der Waals surface area contributed by atoms with Crippen LogP contribution in [0.3, 0.4) is 0 Å². The standard InChI is InChI=1S/C18H20N2O3S.ClH/c19-8-4-7-18(21)20-14-11-15-16(23-10-9-22-15)12-17(14)24-13-5-2-1-3-6-13;/h1-3,5-6,11-12H,4,7-10,19H2,(H,20,21);1H. The molecule has 2 aromatic carbocycles. The number of carbonyl (C=O) groups excluding carboxylic acids is 1. The molecule has 0 aromatic heterocycles. The van der Waals surface area contributed by atoms with Crippen molar-refractivity contribution in [3.05, 3.63) is 42.5 Å². The second kappa shape index (κ2) is 9.56. The van der Waals surface area contributed by atoms with Crippen molar-refractivity contribution in [2.24, 2.45) is 5.73 Å². The molecule has 0 bridgehead atoms. The van der Waals surface area contributed by atoms with Gasteiger partial charge in [-0.2, -0.15) is 0 Å². The van der Waals surface area contributed by atoms with Crippen LogP contribution in [-0.4, -0.2) is 25.7 Å². The van der Waals surface area contributed by atoms with Crippen LogP contribution >= 0.6 is 24.2 Å². The lowest BCUT2D eigenvalue weighted by atomic mass is 10.2. The Bertz CT molecular complexity index is 713. The van der Waals surface area contributed by atoms with Crippen molar-refractivity contribution in [3.8, 4) is 11.5 Å². The van der Waals surface area contributed by atoms with E-state index < -0.39 is 0 Å². The van der Waals surface area contributed by atoms with Gasteiger partial charge in [-0.25, -0.2) is 0 Å². The molecule has 2 aromatic rings. The maximum Gasteiger partial charge on any atom is 0.224 e. The molecular weight excluding hydrogens is 360 g/mol. The Morgan fingerprint density at radius 1 is 1.12 bits per heavy atom. The lowest BCUT2D eigenvalue weighted by molar-refractivity contribution is -0.116. The number of halogens is 1. The van der Waals surface area contributed by atoms with Crippen LogP contribution in [0.25, 0.3) is 0 Å². The number of ether oxygens (including phenoxy) is 2. The average molecular weight is 381 g/mol. The van der Waals surface area contributed by atoms with Gasteiger partial charge < -0.3 is 20.5 Å². The fraction of sp³-hybridized carbons (Fsp3) is 0.278. The van der Waals surface area contributed by atoms with Gasteiger partial charge in [0, 0.05) is 28.3 Å². The monoisotopic (exact) mass is 380 g/mol. The molecule has 3 N–H and O–H groups in total. The Morgan fingerprint density at radius 2 is 1.80 bits per heavy atom. The number of nitrogens with two attached hydrogens (primary N) is 1. The van der Waals surface area contributed by atoms with Crippen molar-refractivity contribution < 1.29 is 14.3 Å². The van der Waals surface area contributed by atoms with Crippen LogP contribution in [0.4, 0.5) is 5.69 Å². The molecule has 0 saturated carbocycles. The third-order valence-corrected chi connectivity index (χ3v) is 4.56. The maximum absolute atomic E-state index is 12.1. The first-order valence-electron chi connectivity index (χ1n) is 7.93. The van der Waals surface area contributed by atoms with E-state index in [0.29, 0.717) is 44.1 Å². The first-order chi connectivity index (χ1) is 11.8. The summed E-state index contributed by atoms with van der Waals surface area (Å²) in [6.45, 7) is 1.55. The van der Waals surface area contributed by atoms with Gasteiger partial charge in [0.25, 0.3) is 0 Å². The van der Waals surface area contributed by atoms with Crippen LogP contribution in [0, 0.1) is 0 Å². The van der Waals surface area contributed by atoms with Crippen molar-refractivity contribution in [1.82, 2.24) is 0 Å². The molecular formula is C18H21ClN2O3S. The number of anilines is 1. The van der Waals surface area contributed by atoms with Crippen molar-refractivity contribution in [1.29, 1.82) is 0 Å². The summed E-state index contributed by atoms with van der Waals surface area (Å²) in [4.78, 5) is 14.1. The van der Waals surface area contributed by atoms with E-state index in [0.717, 1.165) is 15.5 Å². The first kappa shape index (κ1) is 19.4. The van der Waals surface area contributed by atoms with Crippen LogP contribution in [0.5, 0.6) is 11.5 Å². The topological polar surface area (TPSA) is 73.6 Å². The number of fused-ring (bicyclic) bond motifs is 1. The fourth-order valence-corrected chi connectivity index (χ4v) is 3.28. The molecule has 0 atom stereocenters. The zero-order valence-corrected chi connectivity index (χ0v) is 15.3. The highest BCUT2D eigenvalue weighted by Gasteiger charge is 2.18. The van der Waals surface area contributed by atoms with E-state index in [-0.39, 0.29) is 18.3 Å². The van der Waals surface area contributed by atoms with Gasteiger partial charge in [-0.15, -0.1) is 12.4 Å². The summed E-state index contributed by atoms with van der Waals surface area (Å²) in [5.74, 6) is 1.32. The molecule has 1 aliphatic heterocycles. The van der Waals surface area contributed by atoms with Gasteiger partial charge in [0.15, 0.2) is 11.5 Å². The Balaban J connectivity index is 0.00000225. The van der Waals surface area contributed by atoms with Gasteiger partial charge in [0.2, 0.25) is 5.91 Å². The van der Waals surface area contributed by atoms with E-state index in [2.05, 4.69) is 5.32 Å². The number of nitrogens with one attached hydrogen (secondary N) is 1. The summed E-state index contributed by atoms with van der Waals surface area (Å²) in [5.41, 5.74) is 6.20. The second-order valence-electron chi connectivity index (χ2n) is 5.35. The smallest absolute Gasteiger partial charge is 0.224 e. The fourth-order valence-electron chi connectivity index (χ4n) is 2.34. The number of amides is 1. The number of benzene rings is 2. The third kappa shape index (κ3) is 5.29. The summed E-state index contributed by atoms with van der Waals surface area (Å²) in [7, 11) is 0. The summed E-state index contributed by atoms with van der Waals surface area (Å²) in [6, 6.07) is 13.8. The van der Waals surface area contributed by atoms with Crippen LogP contribution in [0.1, 0.15) is 12.8 Å². The van der Waals surface area contributed by atoms with Gasteiger partial charge >= 0.3 is 0 Å². The van der Waals surface area contributed by atoms with Crippen LogP contribution in [0.2, 0.25) is 0 Å². The molecule has 0 unspecified atom stereocenters. The summed E-state index contributed by atoms with van der Waals surface area (Å²) in [6.07, 6.45) is 1.07. The van der Waals surface area contributed by atoms with E-state index in [9.17, 15) is 4.79 Å². The van der Waals surface area contributed by atoms with E-state index in [4.69, 9.17) is 15.2 Å². The molecule has 1 amide bonds. The van der Waals surface area contributed by atoms with Gasteiger partial charge in [0.05, 0.1) is 5.69 Å². The Hall–Kier alpha value is -1.89. The molecule has 0 radical (unpaired) electrons. The van der Waals surface area contributed by atoms with Crippen molar-refractivity contribution in [2.75, 3.05) is 25.1 Å². The molecule has 1 aliphatic rings. The van der Waals surface area contributed by atoms with Crippen molar-refractivity contribution in [3.63, 3.8) is 0 Å². The first-order valence-corrected chi connectivity index (χ1v) is 8.74. The number of hydrogen-bond donors (Lipinski definition) is 2. The summed E-state index contributed by atoms with van der Waals surface area (Å²) >= 11 is 1.58. The van der Waals surface area contributed by atoms with Crippen molar-refractivity contribution in [2.45, 2.75) is 22.6 Å². The Morgan fingerprint density at radius 3 is 2.48 bits per heavy atom. The lowest BCUT2D eigenvalue weighted by Crippen LogP contribution is -2.17. The number of hydrogen-bond acceptors (Lipinski definition) is 5. The largest absolute Gasteiger partial charge is 0.486 e. The molecule has 7 heteroatoms. The summed E-state index contributed by atoms with van der Waals surface area (Å²) < 4.78 is 11.3. The van der Waals surface area contributed by atoms with Crippen LogP contribution in [0.15, 0.2) is 52.3 Å². The normalized spacial score (nSPS) is 12.2. The predicted octanol–water partition coefficient (Wildman–Crippen LogP) is 3.71. The molecule has 3 rings (SSSR count). The van der Waals surface area contributed by atoms with Crippen LogP contribution in [-0.2, 0) is 4.79 Å². The number of rotatable bonds is 6. The highest BCUT2D eigenvalue weighted by Crippen LogP contribution is 2.42. The quantitative estimate of drug-likeness (QED) is 0.799.